The molecule has 134 valence electrons. The van der Waals surface area contributed by atoms with Crippen LogP contribution in [-0.2, 0) is 4.79 Å². The molecule has 3 amide bonds. The Morgan fingerprint density at radius 2 is 1.75 bits per heavy atom. The van der Waals surface area contributed by atoms with Gasteiger partial charge in [0.25, 0.3) is 0 Å². The molecule has 4 atom stereocenters. The molecule has 2 N–H and O–H groups in total. The van der Waals surface area contributed by atoms with Crippen LogP contribution in [0, 0.1) is 17.8 Å². The number of allylic oxidation sites excluding steroid dienone is 2. The van der Waals surface area contributed by atoms with Crippen LogP contribution in [0.15, 0.2) is 12.2 Å². The van der Waals surface area contributed by atoms with E-state index in [9.17, 15) is 9.59 Å². The first-order chi connectivity index (χ1) is 11.5. The lowest BCUT2D eigenvalue weighted by Crippen LogP contribution is -2.47. The fourth-order valence-corrected chi connectivity index (χ4v) is 4.41. The quantitative estimate of drug-likeness (QED) is 0.780. The number of hydrogen-bond donors (Lipinski definition) is 2. The number of carbonyl (C=O) groups excluding carboxylic acids is 2. The van der Waals surface area contributed by atoms with Crippen molar-refractivity contribution in [2.24, 2.45) is 17.8 Å². The summed E-state index contributed by atoms with van der Waals surface area (Å²) in [5.74, 6) is 1.45. The van der Waals surface area contributed by atoms with Gasteiger partial charge in [-0.15, -0.1) is 0 Å². The molecule has 2 fully saturated rings. The highest BCUT2D eigenvalue weighted by atomic mass is 16.2. The molecule has 2 aliphatic carbocycles. The Morgan fingerprint density at radius 1 is 1.08 bits per heavy atom. The van der Waals surface area contributed by atoms with Gasteiger partial charge in [0.15, 0.2) is 0 Å². The molecule has 1 saturated carbocycles. The number of nitrogens with one attached hydrogen (secondary N) is 2. The van der Waals surface area contributed by atoms with Crippen LogP contribution in [0.4, 0.5) is 4.79 Å². The van der Waals surface area contributed by atoms with Gasteiger partial charge in [-0.05, 0) is 57.8 Å². The zero-order valence-corrected chi connectivity index (χ0v) is 15.0. The number of hydrogen-bond acceptors (Lipinski definition) is 2. The maximum atomic E-state index is 12.6. The number of carbonyl (C=O) groups is 2. The number of fused-ring (bicyclic) bond motifs is 1. The van der Waals surface area contributed by atoms with Gasteiger partial charge in [0, 0.05) is 31.1 Å². The van der Waals surface area contributed by atoms with E-state index in [0.29, 0.717) is 11.8 Å². The molecule has 5 heteroatoms. The van der Waals surface area contributed by atoms with Crippen molar-refractivity contribution in [3.63, 3.8) is 0 Å². The van der Waals surface area contributed by atoms with Crippen LogP contribution in [-0.4, -0.2) is 42.0 Å². The average Bonchev–Trinajstić information content (AvgIpc) is 2.98. The van der Waals surface area contributed by atoms with Gasteiger partial charge < -0.3 is 15.5 Å². The molecule has 0 aromatic rings. The smallest absolute Gasteiger partial charge is 0.317 e. The first-order valence-electron chi connectivity index (χ1n) is 9.53. The Labute approximate surface area is 145 Å². The molecule has 3 aliphatic rings. The summed E-state index contributed by atoms with van der Waals surface area (Å²) in [6.07, 6.45) is 10.4. The average molecular weight is 333 g/mol. The SMILES string of the molecule is CC(C)NC(=O)[C@@H]1CCC[C@H](NC(=O)N2C[C@H]3CC=CC[C@@H]3C2)C1. The first-order valence-corrected chi connectivity index (χ1v) is 9.53. The lowest BCUT2D eigenvalue weighted by Gasteiger charge is -2.31. The van der Waals surface area contributed by atoms with E-state index in [1.54, 1.807) is 0 Å². The van der Waals surface area contributed by atoms with Crippen LogP contribution >= 0.6 is 0 Å². The molecular weight excluding hydrogens is 302 g/mol. The maximum absolute atomic E-state index is 12.6. The van der Waals surface area contributed by atoms with Gasteiger partial charge in [-0.2, -0.15) is 0 Å². The zero-order chi connectivity index (χ0) is 17.1. The van der Waals surface area contributed by atoms with Crippen molar-refractivity contribution in [2.45, 2.75) is 64.5 Å². The normalized spacial score (nSPS) is 32.5. The van der Waals surface area contributed by atoms with Crippen LogP contribution in [0.1, 0.15) is 52.4 Å². The summed E-state index contributed by atoms with van der Waals surface area (Å²) in [4.78, 5) is 26.8. The zero-order valence-electron chi connectivity index (χ0n) is 15.0. The molecule has 0 radical (unpaired) electrons. The summed E-state index contributed by atoms with van der Waals surface area (Å²) < 4.78 is 0. The first kappa shape index (κ1) is 17.3. The molecule has 24 heavy (non-hydrogen) atoms. The fraction of sp³-hybridized carbons (Fsp3) is 0.789. The summed E-state index contributed by atoms with van der Waals surface area (Å²) in [6.45, 7) is 5.74. The molecule has 0 spiro atoms. The maximum Gasteiger partial charge on any atom is 0.317 e. The third-order valence-electron chi connectivity index (χ3n) is 5.71. The van der Waals surface area contributed by atoms with Crippen LogP contribution in [0.3, 0.4) is 0 Å². The lowest BCUT2D eigenvalue weighted by atomic mass is 9.85. The fourth-order valence-electron chi connectivity index (χ4n) is 4.41. The molecular formula is C19H31N3O2. The second-order valence-corrected chi connectivity index (χ2v) is 8.04. The molecule has 0 unspecified atom stereocenters. The minimum Gasteiger partial charge on any atom is -0.354 e. The van der Waals surface area contributed by atoms with Gasteiger partial charge in [-0.1, -0.05) is 18.6 Å². The van der Waals surface area contributed by atoms with Gasteiger partial charge in [-0.3, -0.25) is 4.79 Å². The van der Waals surface area contributed by atoms with Crippen LogP contribution in [0.2, 0.25) is 0 Å². The second-order valence-electron chi connectivity index (χ2n) is 8.04. The number of amides is 3. The molecule has 0 bridgehead atoms. The minimum atomic E-state index is 0.0387. The Morgan fingerprint density at radius 3 is 2.38 bits per heavy atom. The minimum absolute atomic E-state index is 0.0387. The molecule has 1 saturated heterocycles. The molecule has 0 aromatic carbocycles. The van der Waals surface area contributed by atoms with E-state index >= 15 is 0 Å². The molecule has 1 heterocycles. The number of likely N-dealkylation sites (tertiary alicyclic amines) is 1. The molecule has 5 nitrogen and oxygen atoms in total. The van der Waals surface area contributed by atoms with Gasteiger partial charge in [0.05, 0.1) is 0 Å². The van der Waals surface area contributed by atoms with Crippen LogP contribution < -0.4 is 10.6 Å². The largest absolute Gasteiger partial charge is 0.354 e. The molecule has 0 aromatic heterocycles. The van der Waals surface area contributed by atoms with Gasteiger partial charge in [0.1, 0.15) is 0 Å². The Kier molecular flexibility index (Phi) is 5.47. The van der Waals surface area contributed by atoms with Gasteiger partial charge in [0.2, 0.25) is 5.91 Å². The highest BCUT2D eigenvalue weighted by molar-refractivity contribution is 5.79. The van der Waals surface area contributed by atoms with E-state index in [1.807, 2.05) is 18.7 Å². The Balaban J connectivity index is 1.48. The van der Waals surface area contributed by atoms with Crippen molar-refractivity contribution in [3.05, 3.63) is 12.2 Å². The summed E-state index contributed by atoms with van der Waals surface area (Å²) in [7, 11) is 0. The van der Waals surface area contributed by atoms with Crippen molar-refractivity contribution in [1.82, 2.24) is 15.5 Å². The van der Waals surface area contributed by atoms with E-state index in [0.717, 1.165) is 51.6 Å². The molecule has 3 rings (SSSR count). The highest BCUT2D eigenvalue weighted by Crippen LogP contribution is 2.33. The van der Waals surface area contributed by atoms with Crippen molar-refractivity contribution in [2.75, 3.05) is 13.1 Å². The predicted molar refractivity (Wildman–Crippen MR) is 94.5 cm³/mol. The highest BCUT2D eigenvalue weighted by Gasteiger charge is 2.36. The number of urea groups is 1. The predicted octanol–water partition coefficient (Wildman–Crippen LogP) is 2.68. The van der Waals surface area contributed by atoms with E-state index in [2.05, 4.69) is 22.8 Å². The van der Waals surface area contributed by atoms with Crippen molar-refractivity contribution < 1.29 is 9.59 Å². The second kappa shape index (κ2) is 7.58. The molecule has 1 aliphatic heterocycles. The third-order valence-corrected chi connectivity index (χ3v) is 5.71. The Bertz CT molecular complexity index is 487. The third kappa shape index (κ3) is 4.11. The monoisotopic (exact) mass is 333 g/mol. The standard InChI is InChI=1S/C19H31N3O2/c1-13(2)20-18(23)14-8-5-9-17(10-14)21-19(24)22-11-15-6-3-4-7-16(15)12-22/h3-4,13-17H,5-12H2,1-2H3,(H,20,23)(H,21,24)/t14-,15-,16-,17+/m1/s1. The van der Waals surface area contributed by atoms with Crippen LogP contribution in [0.5, 0.6) is 0 Å². The van der Waals surface area contributed by atoms with Gasteiger partial charge >= 0.3 is 6.03 Å². The topological polar surface area (TPSA) is 61.4 Å². The van der Waals surface area contributed by atoms with E-state index in [4.69, 9.17) is 0 Å². The summed E-state index contributed by atoms with van der Waals surface area (Å²) in [6, 6.07) is 0.378. The van der Waals surface area contributed by atoms with Gasteiger partial charge in [-0.25, -0.2) is 4.79 Å². The summed E-state index contributed by atoms with van der Waals surface area (Å²) >= 11 is 0. The summed E-state index contributed by atoms with van der Waals surface area (Å²) in [5, 5.41) is 6.20. The number of rotatable bonds is 3. The number of nitrogens with zero attached hydrogens (tertiary/aromatic N) is 1. The van der Waals surface area contributed by atoms with Crippen molar-refractivity contribution in [3.8, 4) is 0 Å². The van der Waals surface area contributed by atoms with E-state index < -0.39 is 0 Å². The lowest BCUT2D eigenvalue weighted by molar-refractivity contribution is -0.126. The van der Waals surface area contributed by atoms with E-state index in [1.165, 1.54) is 0 Å². The van der Waals surface area contributed by atoms with Crippen molar-refractivity contribution in [1.29, 1.82) is 0 Å². The Hall–Kier alpha value is -1.52. The summed E-state index contributed by atoms with van der Waals surface area (Å²) in [5.41, 5.74) is 0. The van der Waals surface area contributed by atoms with E-state index in [-0.39, 0.29) is 29.9 Å². The van der Waals surface area contributed by atoms with Crippen molar-refractivity contribution >= 4 is 11.9 Å². The van der Waals surface area contributed by atoms with Crippen LogP contribution in [0.25, 0.3) is 0 Å².